The maximum absolute atomic E-state index is 12.1. The normalized spacial score (nSPS) is 10.2. The lowest BCUT2D eigenvalue weighted by Crippen LogP contribution is -2.18. The molecule has 2 aromatic rings. The minimum atomic E-state index is -0.236. The lowest BCUT2D eigenvalue weighted by molar-refractivity contribution is -0.112. The first-order valence-electron chi connectivity index (χ1n) is 5.79. The average molecular weight is 317 g/mol. The van der Waals surface area contributed by atoms with Crippen molar-refractivity contribution in [2.45, 2.75) is 6.42 Å². The van der Waals surface area contributed by atoms with Crippen LogP contribution >= 0.6 is 15.9 Å². The van der Waals surface area contributed by atoms with Crippen molar-refractivity contribution in [1.82, 2.24) is 0 Å². The minimum absolute atomic E-state index is 0.0474. The van der Waals surface area contributed by atoms with Crippen LogP contribution in [-0.2, 0) is 11.2 Å². The van der Waals surface area contributed by atoms with E-state index in [0.717, 1.165) is 10.0 Å². The van der Waals surface area contributed by atoms with Gasteiger partial charge in [0.1, 0.15) is 5.71 Å². The molecule has 3 N–H and O–H groups in total. The number of anilines is 1. The van der Waals surface area contributed by atoms with Gasteiger partial charge < -0.3 is 5.73 Å². The van der Waals surface area contributed by atoms with Crippen molar-refractivity contribution in [2.75, 3.05) is 5.73 Å². The highest BCUT2D eigenvalue weighted by molar-refractivity contribution is 9.10. The average Bonchev–Trinajstić information content (AvgIpc) is 2.39. The number of nitrogen functional groups attached to an aromatic ring is 1. The zero-order valence-corrected chi connectivity index (χ0v) is 11.8. The van der Waals surface area contributed by atoms with Crippen LogP contribution in [0.3, 0.4) is 0 Å². The highest BCUT2D eigenvalue weighted by atomic mass is 79.9. The quantitative estimate of drug-likeness (QED) is 0.672. The van der Waals surface area contributed by atoms with Crippen molar-refractivity contribution < 1.29 is 4.79 Å². The zero-order chi connectivity index (χ0) is 13.8. The molecule has 0 spiro atoms. The summed E-state index contributed by atoms with van der Waals surface area (Å²) in [5.41, 5.74) is 7.59. The SMILES string of the molecule is N=C(C(=O)Cc1ccccc1)c1ccc(Br)cc1N. The topological polar surface area (TPSA) is 66.9 Å². The summed E-state index contributed by atoms with van der Waals surface area (Å²) in [6, 6.07) is 14.5. The molecule has 0 unspecified atom stereocenters. The van der Waals surface area contributed by atoms with E-state index in [4.69, 9.17) is 11.1 Å². The molecule has 96 valence electrons. The van der Waals surface area contributed by atoms with Crippen molar-refractivity contribution in [3.05, 3.63) is 64.1 Å². The first-order chi connectivity index (χ1) is 9.08. The van der Waals surface area contributed by atoms with Crippen LogP contribution in [0.1, 0.15) is 11.1 Å². The molecule has 0 amide bonds. The monoisotopic (exact) mass is 316 g/mol. The van der Waals surface area contributed by atoms with Gasteiger partial charge in [0.25, 0.3) is 0 Å². The molecule has 2 rings (SSSR count). The summed E-state index contributed by atoms with van der Waals surface area (Å²) < 4.78 is 0.831. The largest absolute Gasteiger partial charge is 0.398 e. The Hall–Kier alpha value is -1.94. The van der Waals surface area contributed by atoms with Gasteiger partial charge in [-0.15, -0.1) is 0 Å². The summed E-state index contributed by atoms with van der Waals surface area (Å²) in [5.74, 6) is -0.236. The van der Waals surface area contributed by atoms with E-state index in [0.29, 0.717) is 11.3 Å². The fourth-order valence-corrected chi connectivity index (χ4v) is 2.16. The number of carbonyl (C=O) groups is 1. The van der Waals surface area contributed by atoms with E-state index in [1.54, 1.807) is 18.2 Å². The predicted molar refractivity (Wildman–Crippen MR) is 80.5 cm³/mol. The zero-order valence-electron chi connectivity index (χ0n) is 10.2. The number of halogens is 1. The number of benzene rings is 2. The van der Waals surface area contributed by atoms with Crippen molar-refractivity contribution in [3.8, 4) is 0 Å². The van der Waals surface area contributed by atoms with Crippen LogP contribution in [0.5, 0.6) is 0 Å². The minimum Gasteiger partial charge on any atom is -0.398 e. The van der Waals surface area contributed by atoms with Crippen LogP contribution in [0.4, 0.5) is 5.69 Å². The maximum Gasteiger partial charge on any atom is 0.185 e. The van der Waals surface area contributed by atoms with Gasteiger partial charge in [0.2, 0.25) is 0 Å². The summed E-state index contributed by atoms with van der Waals surface area (Å²) in [6.45, 7) is 0. The summed E-state index contributed by atoms with van der Waals surface area (Å²) >= 11 is 3.30. The predicted octanol–water partition coefficient (Wildman–Crippen LogP) is 3.21. The summed E-state index contributed by atoms with van der Waals surface area (Å²) in [4.78, 5) is 12.1. The van der Waals surface area contributed by atoms with Crippen LogP contribution in [0, 0.1) is 5.41 Å². The number of Topliss-reactive ketones (excluding diaryl/α,β-unsaturated/α-hetero) is 1. The number of ketones is 1. The third-order valence-corrected chi connectivity index (χ3v) is 3.26. The van der Waals surface area contributed by atoms with Gasteiger partial charge in [-0.05, 0) is 23.8 Å². The lowest BCUT2D eigenvalue weighted by atomic mass is 10.00. The first-order valence-corrected chi connectivity index (χ1v) is 6.58. The van der Waals surface area contributed by atoms with E-state index in [1.807, 2.05) is 30.3 Å². The highest BCUT2D eigenvalue weighted by Crippen LogP contribution is 2.19. The molecule has 3 nitrogen and oxygen atoms in total. The van der Waals surface area contributed by atoms with Crippen LogP contribution < -0.4 is 5.73 Å². The third-order valence-electron chi connectivity index (χ3n) is 2.77. The number of carbonyl (C=O) groups excluding carboxylic acids is 1. The molecule has 0 fully saturated rings. The Kier molecular flexibility index (Phi) is 4.12. The second-order valence-electron chi connectivity index (χ2n) is 4.19. The Bertz CT molecular complexity index is 623. The van der Waals surface area contributed by atoms with Crippen molar-refractivity contribution in [1.29, 1.82) is 5.41 Å². The van der Waals surface area contributed by atoms with Crippen LogP contribution in [-0.4, -0.2) is 11.5 Å². The Morgan fingerprint density at radius 3 is 2.47 bits per heavy atom. The number of nitrogens with two attached hydrogens (primary N) is 1. The van der Waals surface area contributed by atoms with Gasteiger partial charge in [0.05, 0.1) is 0 Å². The summed E-state index contributed by atoms with van der Waals surface area (Å²) in [6.07, 6.45) is 0.217. The van der Waals surface area contributed by atoms with Gasteiger partial charge >= 0.3 is 0 Å². The van der Waals surface area contributed by atoms with E-state index in [9.17, 15) is 4.79 Å². The van der Waals surface area contributed by atoms with Crippen molar-refractivity contribution in [3.63, 3.8) is 0 Å². The fraction of sp³-hybridized carbons (Fsp3) is 0.0667. The molecule has 0 bridgehead atoms. The van der Waals surface area contributed by atoms with Gasteiger partial charge in [-0.1, -0.05) is 46.3 Å². The number of hydrogen-bond acceptors (Lipinski definition) is 3. The Labute approximate surface area is 120 Å². The lowest BCUT2D eigenvalue weighted by Gasteiger charge is -2.07. The van der Waals surface area contributed by atoms with E-state index in [2.05, 4.69) is 15.9 Å². The molecule has 0 saturated carbocycles. The second-order valence-corrected chi connectivity index (χ2v) is 5.11. The molecule has 4 heteroatoms. The Balaban J connectivity index is 2.18. The van der Waals surface area contributed by atoms with E-state index < -0.39 is 0 Å². The van der Waals surface area contributed by atoms with Gasteiger partial charge in [-0.2, -0.15) is 0 Å². The number of nitrogens with one attached hydrogen (secondary N) is 1. The Morgan fingerprint density at radius 1 is 1.16 bits per heavy atom. The summed E-state index contributed by atoms with van der Waals surface area (Å²) in [7, 11) is 0. The Morgan fingerprint density at radius 2 is 1.84 bits per heavy atom. The number of hydrogen-bond donors (Lipinski definition) is 2. The van der Waals surface area contributed by atoms with Crippen LogP contribution in [0.2, 0.25) is 0 Å². The van der Waals surface area contributed by atoms with Gasteiger partial charge in [0, 0.05) is 22.1 Å². The van der Waals surface area contributed by atoms with Gasteiger partial charge in [-0.3, -0.25) is 10.2 Å². The van der Waals surface area contributed by atoms with Crippen LogP contribution in [0.15, 0.2) is 53.0 Å². The van der Waals surface area contributed by atoms with Crippen molar-refractivity contribution >= 4 is 33.1 Å². The second kappa shape index (κ2) is 5.80. The molecule has 0 atom stereocenters. The molecule has 0 heterocycles. The molecule has 2 aromatic carbocycles. The highest BCUT2D eigenvalue weighted by Gasteiger charge is 2.15. The fourth-order valence-electron chi connectivity index (χ4n) is 1.78. The smallest absolute Gasteiger partial charge is 0.185 e. The maximum atomic E-state index is 12.1. The molecule has 0 aliphatic rings. The van der Waals surface area contributed by atoms with Crippen LogP contribution in [0.25, 0.3) is 0 Å². The molecular weight excluding hydrogens is 304 g/mol. The third kappa shape index (κ3) is 3.29. The standard InChI is InChI=1S/C15H13BrN2O/c16-11-6-7-12(13(17)9-11)15(18)14(19)8-10-4-2-1-3-5-10/h1-7,9,18H,8,17H2. The van der Waals surface area contributed by atoms with Crippen molar-refractivity contribution in [2.24, 2.45) is 0 Å². The first kappa shape index (κ1) is 13.5. The van der Waals surface area contributed by atoms with E-state index >= 15 is 0 Å². The number of rotatable bonds is 4. The molecule has 19 heavy (non-hydrogen) atoms. The molecule has 0 aliphatic heterocycles. The molecule has 0 saturated heterocycles. The van der Waals surface area contributed by atoms with E-state index in [1.165, 1.54) is 0 Å². The molecule has 0 aliphatic carbocycles. The van der Waals surface area contributed by atoms with E-state index in [-0.39, 0.29) is 17.9 Å². The van der Waals surface area contributed by atoms with Gasteiger partial charge in [0.15, 0.2) is 5.78 Å². The molecule has 0 radical (unpaired) electrons. The molecule has 0 aromatic heterocycles. The molecular formula is C15H13BrN2O. The van der Waals surface area contributed by atoms with Gasteiger partial charge in [-0.25, -0.2) is 0 Å². The summed E-state index contributed by atoms with van der Waals surface area (Å²) in [5, 5.41) is 7.95.